The molecular weight excluding hydrogens is 651 g/mol. The number of esters is 1. The maximum atomic E-state index is 11.7. The molecule has 268 valence electrons. The van der Waals surface area contributed by atoms with Gasteiger partial charge in [0, 0.05) is 13.1 Å². The molecule has 1 N–H and O–H groups in total. The summed E-state index contributed by atoms with van der Waals surface area (Å²) in [6, 6.07) is 32.2. The quantitative estimate of drug-likeness (QED) is 0.171. The van der Waals surface area contributed by atoms with Crippen molar-refractivity contribution >= 4 is 28.9 Å². The van der Waals surface area contributed by atoms with Crippen molar-refractivity contribution in [1.82, 2.24) is 4.90 Å². The molecule has 9 heteroatoms. The fourth-order valence-electron chi connectivity index (χ4n) is 7.89. The van der Waals surface area contributed by atoms with Crippen molar-refractivity contribution in [3.8, 4) is 0 Å². The van der Waals surface area contributed by atoms with Gasteiger partial charge in [0.1, 0.15) is 11.2 Å². The number of ether oxygens (including phenoxy) is 2. The number of rotatable bonds is 6. The number of piperidine rings is 1. The van der Waals surface area contributed by atoms with Gasteiger partial charge in [-0.25, -0.2) is 9.59 Å². The molecule has 50 heavy (non-hydrogen) atoms. The lowest BCUT2D eigenvalue weighted by Gasteiger charge is -2.55. The van der Waals surface area contributed by atoms with Gasteiger partial charge in [0.25, 0.3) is 0 Å². The highest BCUT2D eigenvalue weighted by Crippen LogP contribution is 2.57. The molecule has 0 aromatic heterocycles. The van der Waals surface area contributed by atoms with Crippen LogP contribution in [0.15, 0.2) is 106 Å². The number of nitrogens with zero attached hydrogens (tertiary/aromatic N) is 1. The average molecular weight is 702 g/mol. The van der Waals surface area contributed by atoms with Gasteiger partial charge in [0.05, 0.1) is 17.0 Å². The summed E-state index contributed by atoms with van der Waals surface area (Å²) in [5.41, 5.74) is -0.862. The summed E-state index contributed by atoms with van der Waals surface area (Å²) in [5, 5.41) is 19.7. The highest BCUT2D eigenvalue weighted by molar-refractivity contribution is 7.97. The van der Waals surface area contributed by atoms with Crippen molar-refractivity contribution < 1.29 is 34.1 Å². The number of aliphatic hydroxyl groups excluding tert-OH is 1. The van der Waals surface area contributed by atoms with Gasteiger partial charge in [0.2, 0.25) is 0 Å². The van der Waals surface area contributed by atoms with E-state index in [1.165, 1.54) is 33.9 Å². The second-order valence-corrected chi connectivity index (χ2v) is 16.7. The molecule has 1 aliphatic heterocycles. The number of amides is 1. The molecule has 4 saturated carbocycles. The average Bonchev–Trinajstić information content (AvgIpc) is 3.10. The van der Waals surface area contributed by atoms with Crippen molar-refractivity contribution in [1.29, 1.82) is 0 Å². The summed E-state index contributed by atoms with van der Waals surface area (Å²) in [6.07, 6.45) is 7.89. The lowest BCUT2D eigenvalue weighted by atomic mass is 9.54. The van der Waals surface area contributed by atoms with Crippen LogP contribution in [0.5, 0.6) is 0 Å². The van der Waals surface area contributed by atoms with Gasteiger partial charge in [-0.15, -0.1) is 0 Å². The van der Waals surface area contributed by atoms with Gasteiger partial charge in [-0.2, -0.15) is 0 Å². The van der Waals surface area contributed by atoms with E-state index in [-0.39, 0.29) is 23.1 Å². The number of carbonyl (C=O) groups excluding carboxylic acids is 3. The van der Waals surface area contributed by atoms with Gasteiger partial charge in [-0.05, 0) is 126 Å². The summed E-state index contributed by atoms with van der Waals surface area (Å²) < 4.78 is 10.6. The number of carboxylic acids is 1. The SMILES string of the molecule is CCC(C)(C)OC(=O)N1CCC(O)CC1.O=C([O-])C(=O)OC12CC3CC(CC(C3)C1)C2.c1ccc([S+](c2ccccc2)c2ccccc2)cc1. The van der Waals surface area contributed by atoms with E-state index in [2.05, 4.69) is 91.0 Å². The second kappa shape index (κ2) is 16.9. The van der Waals surface area contributed by atoms with Crippen molar-refractivity contribution in [2.45, 2.75) is 111 Å². The molecule has 4 aliphatic carbocycles. The third-order valence-electron chi connectivity index (χ3n) is 10.3. The Morgan fingerprint density at radius 2 is 1.18 bits per heavy atom. The Morgan fingerprint density at radius 1 is 0.780 bits per heavy atom. The first kappa shape index (κ1) is 37.4. The van der Waals surface area contributed by atoms with Crippen molar-refractivity contribution in [2.24, 2.45) is 17.8 Å². The van der Waals surface area contributed by atoms with Crippen LogP contribution in [0.25, 0.3) is 0 Å². The lowest BCUT2D eigenvalue weighted by Crippen LogP contribution is -2.54. The van der Waals surface area contributed by atoms with E-state index in [9.17, 15) is 24.6 Å². The van der Waals surface area contributed by atoms with Crippen molar-refractivity contribution in [2.75, 3.05) is 13.1 Å². The Morgan fingerprint density at radius 3 is 1.54 bits per heavy atom. The number of carbonyl (C=O) groups is 3. The molecule has 3 aromatic carbocycles. The van der Waals surface area contributed by atoms with Crippen LogP contribution in [0.3, 0.4) is 0 Å². The molecule has 8 rings (SSSR count). The molecule has 0 atom stereocenters. The zero-order valence-corrected chi connectivity index (χ0v) is 30.3. The number of aliphatic carboxylic acids is 1. The van der Waals surface area contributed by atoms with Crippen LogP contribution < -0.4 is 5.11 Å². The van der Waals surface area contributed by atoms with Crippen LogP contribution in [0, 0.1) is 17.8 Å². The predicted octanol–water partition coefficient (Wildman–Crippen LogP) is 6.80. The zero-order valence-electron chi connectivity index (χ0n) is 29.5. The van der Waals surface area contributed by atoms with Crippen LogP contribution in [0.2, 0.25) is 0 Å². The largest absolute Gasteiger partial charge is 0.539 e. The zero-order chi connectivity index (χ0) is 35.7. The Hall–Kier alpha value is -3.82. The van der Waals surface area contributed by atoms with E-state index < -0.39 is 23.1 Å². The molecule has 1 amide bonds. The Balaban J connectivity index is 0.000000147. The molecule has 0 spiro atoms. The molecule has 3 aromatic rings. The first-order valence-electron chi connectivity index (χ1n) is 18.0. The fraction of sp³-hybridized carbons (Fsp3) is 0.488. The minimum atomic E-state index is -1.71. The van der Waals surface area contributed by atoms with Crippen LogP contribution in [-0.2, 0) is 30.0 Å². The fourth-order valence-corrected chi connectivity index (χ4v) is 10.00. The Bertz CT molecular complexity index is 1410. The van der Waals surface area contributed by atoms with Crippen molar-refractivity contribution in [3.63, 3.8) is 0 Å². The minimum absolute atomic E-state index is 0.0146. The Kier molecular flexibility index (Phi) is 12.7. The molecule has 4 bridgehead atoms. The van der Waals surface area contributed by atoms with Gasteiger partial charge in [-0.3, -0.25) is 0 Å². The third kappa shape index (κ3) is 10.1. The summed E-state index contributed by atoms with van der Waals surface area (Å²) in [4.78, 5) is 39.0. The monoisotopic (exact) mass is 701 g/mol. The second-order valence-electron chi connectivity index (χ2n) is 14.7. The Labute approximate surface area is 299 Å². The molecule has 5 fully saturated rings. The molecule has 1 heterocycles. The molecule has 5 aliphatic rings. The minimum Gasteiger partial charge on any atom is -0.539 e. The number of hydrogen-bond acceptors (Lipinski definition) is 7. The number of likely N-dealkylation sites (tertiary alicyclic amines) is 1. The van der Waals surface area contributed by atoms with E-state index in [1.54, 1.807) is 4.90 Å². The highest BCUT2D eigenvalue weighted by Gasteiger charge is 2.53. The standard InChI is InChI=1S/C18H15S.C12H16O4.C11H21NO3/c1-4-10-16(11-5-1)19(17-12-6-2-7-13-17)18-14-8-3-9-15-18;13-10(14)11(15)16-12-4-7-1-8(5-12)3-9(2-7)6-12;1-4-11(2,3)15-10(14)12-7-5-9(13)6-8-12/h1-15H;7-9H,1-6H2,(H,13,14);9,13H,4-8H2,1-3H3/q+1;;/p-1. The van der Waals surface area contributed by atoms with E-state index in [4.69, 9.17) is 9.47 Å². The predicted molar refractivity (Wildman–Crippen MR) is 191 cm³/mol. The van der Waals surface area contributed by atoms with Gasteiger partial charge in [0.15, 0.2) is 20.7 Å². The maximum absolute atomic E-state index is 11.7. The van der Waals surface area contributed by atoms with E-state index in [1.807, 2.05) is 20.8 Å². The van der Waals surface area contributed by atoms with E-state index in [0.717, 1.165) is 25.7 Å². The summed E-state index contributed by atoms with van der Waals surface area (Å²) in [7, 11) is -0.0146. The molecule has 0 radical (unpaired) electrons. The summed E-state index contributed by atoms with van der Waals surface area (Å²) in [6.45, 7) is 7.00. The lowest BCUT2D eigenvalue weighted by molar-refractivity contribution is -0.306. The van der Waals surface area contributed by atoms with Crippen LogP contribution >= 0.6 is 0 Å². The van der Waals surface area contributed by atoms with E-state index >= 15 is 0 Å². The van der Waals surface area contributed by atoms with Crippen LogP contribution in [0.1, 0.15) is 78.6 Å². The molecule has 1 saturated heterocycles. The van der Waals surface area contributed by atoms with E-state index in [0.29, 0.717) is 43.7 Å². The molecule has 0 unspecified atom stereocenters. The van der Waals surface area contributed by atoms with Crippen molar-refractivity contribution in [3.05, 3.63) is 91.0 Å². The van der Waals surface area contributed by atoms with Gasteiger partial charge < -0.3 is 29.4 Å². The molecule has 8 nitrogen and oxygen atoms in total. The van der Waals surface area contributed by atoms with Crippen LogP contribution in [-0.4, -0.2) is 58.4 Å². The third-order valence-corrected chi connectivity index (χ3v) is 12.6. The summed E-state index contributed by atoms with van der Waals surface area (Å²) >= 11 is 0. The number of hydrogen-bond donors (Lipinski definition) is 1. The highest BCUT2D eigenvalue weighted by atomic mass is 32.2. The summed E-state index contributed by atoms with van der Waals surface area (Å²) in [5.74, 6) is -0.972. The molecular formula is C41H51NO7S. The first-order valence-corrected chi connectivity index (χ1v) is 19.2. The number of benzene rings is 3. The topological polar surface area (TPSA) is 116 Å². The number of carboxylic acid groups (broad SMARTS) is 1. The van der Waals surface area contributed by atoms with Gasteiger partial charge >= 0.3 is 12.1 Å². The normalized spacial score (nSPS) is 23.9. The van der Waals surface area contributed by atoms with Gasteiger partial charge in [-0.1, -0.05) is 61.5 Å². The first-order chi connectivity index (χ1) is 24.0. The maximum Gasteiger partial charge on any atom is 0.410 e. The van der Waals surface area contributed by atoms with Crippen LogP contribution in [0.4, 0.5) is 4.79 Å². The smallest absolute Gasteiger partial charge is 0.410 e. The number of aliphatic hydroxyl groups is 1.